The van der Waals surface area contributed by atoms with Gasteiger partial charge in [-0.15, -0.1) is 0 Å². The van der Waals surface area contributed by atoms with Crippen LogP contribution in [0.15, 0.2) is 17.0 Å². The molecule has 20 heavy (non-hydrogen) atoms. The molecule has 1 fully saturated rings. The van der Waals surface area contributed by atoms with E-state index >= 15 is 0 Å². The van der Waals surface area contributed by atoms with Crippen molar-refractivity contribution in [2.24, 2.45) is 0 Å². The van der Waals surface area contributed by atoms with Crippen LogP contribution in [0.5, 0.6) is 0 Å². The van der Waals surface area contributed by atoms with Gasteiger partial charge in [0.15, 0.2) is 5.82 Å². The summed E-state index contributed by atoms with van der Waals surface area (Å²) in [6.45, 7) is 0.433. The second kappa shape index (κ2) is 5.49. The van der Waals surface area contributed by atoms with Crippen LogP contribution in [-0.4, -0.2) is 33.7 Å². The molecule has 2 heterocycles. The summed E-state index contributed by atoms with van der Waals surface area (Å²) in [6, 6.07) is 0.545. The Morgan fingerprint density at radius 2 is 2.25 bits per heavy atom. The monoisotopic (exact) mass is 337 g/mol. The lowest BCUT2D eigenvalue weighted by molar-refractivity contribution is 0.181. The summed E-state index contributed by atoms with van der Waals surface area (Å²) in [5, 5.41) is 3.08. The van der Waals surface area contributed by atoms with Gasteiger partial charge in [-0.2, -0.15) is 0 Å². The summed E-state index contributed by atoms with van der Waals surface area (Å²) in [5.41, 5.74) is 1.78. The van der Waals surface area contributed by atoms with Gasteiger partial charge < -0.3 is 14.6 Å². The number of aromatic nitrogens is 4. The normalized spacial score (nSPS) is 14.6. The number of hydrogen-bond acceptors (Lipinski definition) is 5. The van der Waals surface area contributed by atoms with Crippen LogP contribution in [0.25, 0.3) is 11.5 Å². The summed E-state index contributed by atoms with van der Waals surface area (Å²) >= 11 is 3.51. The van der Waals surface area contributed by atoms with Gasteiger partial charge in [0.05, 0.1) is 29.3 Å². The third-order valence-electron chi connectivity index (χ3n) is 3.27. The summed E-state index contributed by atoms with van der Waals surface area (Å²) in [6.07, 6.45) is 6.07. The van der Waals surface area contributed by atoms with Gasteiger partial charge in [-0.1, -0.05) is 0 Å². The first kappa shape index (κ1) is 13.5. The largest absolute Gasteiger partial charge is 0.378 e. The fourth-order valence-electron chi connectivity index (χ4n) is 2.13. The average molecular weight is 338 g/mol. The molecule has 0 radical (unpaired) electrons. The van der Waals surface area contributed by atoms with Crippen molar-refractivity contribution in [3.63, 3.8) is 0 Å². The van der Waals surface area contributed by atoms with Gasteiger partial charge in [0.1, 0.15) is 11.5 Å². The van der Waals surface area contributed by atoms with E-state index in [1.165, 1.54) is 12.8 Å². The molecule has 1 saturated carbocycles. The summed E-state index contributed by atoms with van der Waals surface area (Å²) in [7, 11) is 3.49. The highest BCUT2D eigenvalue weighted by molar-refractivity contribution is 9.10. The van der Waals surface area contributed by atoms with Gasteiger partial charge in [-0.25, -0.2) is 15.0 Å². The van der Waals surface area contributed by atoms with Gasteiger partial charge >= 0.3 is 0 Å². The minimum atomic E-state index is 0.433. The van der Waals surface area contributed by atoms with Crippen molar-refractivity contribution in [1.82, 2.24) is 19.5 Å². The first-order chi connectivity index (χ1) is 9.74. The molecule has 1 N–H and O–H groups in total. The van der Waals surface area contributed by atoms with E-state index in [4.69, 9.17) is 4.74 Å². The van der Waals surface area contributed by atoms with Crippen LogP contribution < -0.4 is 5.32 Å². The molecule has 0 atom stereocenters. The van der Waals surface area contributed by atoms with Crippen LogP contribution in [0.2, 0.25) is 0 Å². The van der Waals surface area contributed by atoms with Crippen LogP contribution in [-0.2, 0) is 11.3 Å². The molecule has 1 aliphatic rings. The zero-order chi connectivity index (χ0) is 14.1. The Hall–Kier alpha value is -1.47. The van der Waals surface area contributed by atoms with Crippen molar-refractivity contribution in [2.75, 3.05) is 19.5 Å². The minimum Gasteiger partial charge on any atom is -0.378 e. The molecule has 0 spiro atoms. The number of hydrogen-bond donors (Lipinski definition) is 1. The Kier molecular flexibility index (Phi) is 3.71. The number of rotatable bonds is 5. The molecule has 0 bridgehead atoms. The van der Waals surface area contributed by atoms with Crippen LogP contribution in [0.3, 0.4) is 0 Å². The minimum absolute atomic E-state index is 0.433. The maximum atomic E-state index is 5.20. The standard InChI is InChI=1S/C13H16BrN5O/c1-15-13-11(14)9(6-20-2)17-12(18-13)10-5-16-7-19(10)8-3-4-8/h5,7-8H,3-4,6H2,1-2H3,(H,15,17,18). The maximum absolute atomic E-state index is 5.20. The van der Waals surface area contributed by atoms with Crippen molar-refractivity contribution in [1.29, 1.82) is 0 Å². The Bertz CT molecular complexity index is 623. The molecule has 0 aliphatic heterocycles. The predicted octanol–water partition coefficient (Wildman–Crippen LogP) is 2.63. The average Bonchev–Trinajstić information content (AvgIpc) is 3.19. The van der Waals surface area contributed by atoms with Crippen LogP contribution in [0.1, 0.15) is 24.6 Å². The van der Waals surface area contributed by atoms with Gasteiger partial charge in [0.25, 0.3) is 0 Å². The Balaban J connectivity index is 2.08. The van der Waals surface area contributed by atoms with Crippen molar-refractivity contribution in [3.05, 3.63) is 22.7 Å². The number of nitrogens with one attached hydrogen (secondary N) is 1. The highest BCUT2D eigenvalue weighted by Gasteiger charge is 2.27. The zero-order valence-electron chi connectivity index (χ0n) is 11.4. The quantitative estimate of drug-likeness (QED) is 0.908. The van der Waals surface area contributed by atoms with E-state index in [2.05, 4.69) is 40.8 Å². The SMILES string of the molecule is CNc1nc(-c2cncn2C2CC2)nc(COC)c1Br. The van der Waals surface area contributed by atoms with E-state index in [1.54, 1.807) is 7.11 Å². The summed E-state index contributed by atoms with van der Waals surface area (Å²) in [4.78, 5) is 13.4. The Labute approximate surface area is 125 Å². The number of ether oxygens (including phenoxy) is 1. The second-order valence-corrected chi connectivity index (χ2v) is 5.55. The first-order valence-corrected chi connectivity index (χ1v) is 7.29. The van der Waals surface area contributed by atoms with Crippen molar-refractivity contribution >= 4 is 21.7 Å². The van der Waals surface area contributed by atoms with Gasteiger partial charge in [0.2, 0.25) is 0 Å². The second-order valence-electron chi connectivity index (χ2n) is 4.76. The first-order valence-electron chi connectivity index (χ1n) is 6.50. The van der Waals surface area contributed by atoms with E-state index in [-0.39, 0.29) is 0 Å². The van der Waals surface area contributed by atoms with Crippen molar-refractivity contribution in [2.45, 2.75) is 25.5 Å². The van der Waals surface area contributed by atoms with E-state index in [1.807, 2.05) is 19.6 Å². The number of anilines is 1. The lowest BCUT2D eigenvalue weighted by Crippen LogP contribution is -2.06. The smallest absolute Gasteiger partial charge is 0.180 e. The molecular weight excluding hydrogens is 322 g/mol. The molecule has 2 aromatic rings. The predicted molar refractivity (Wildman–Crippen MR) is 79.5 cm³/mol. The molecule has 1 aliphatic carbocycles. The highest BCUT2D eigenvalue weighted by atomic mass is 79.9. The number of halogens is 1. The topological polar surface area (TPSA) is 64.9 Å². The summed E-state index contributed by atoms with van der Waals surface area (Å²) < 4.78 is 8.19. The van der Waals surface area contributed by atoms with Crippen LogP contribution in [0.4, 0.5) is 5.82 Å². The fourth-order valence-corrected chi connectivity index (χ4v) is 2.62. The Morgan fingerprint density at radius 1 is 1.45 bits per heavy atom. The van der Waals surface area contributed by atoms with E-state index in [0.29, 0.717) is 18.5 Å². The van der Waals surface area contributed by atoms with Gasteiger partial charge in [-0.05, 0) is 28.8 Å². The van der Waals surface area contributed by atoms with Crippen molar-refractivity contribution in [3.8, 4) is 11.5 Å². The van der Waals surface area contributed by atoms with E-state index in [0.717, 1.165) is 21.7 Å². The van der Waals surface area contributed by atoms with Crippen LogP contribution in [0, 0.1) is 0 Å². The summed E-state index contributed by atoms with van der Waals surface area (Å²) in [5.74, 6) is 1.43. The van der Waals surface area contributed by atoms with E-state index in [9.17, 15) is 0 Å². The lowest BCUT2D eigenvalue weighted by Gasteiger charge is -2.11. The molecule has 3 rings (SSSR count). The third-order valence-corrected chi connectivity index (χ3v) is 4.11. The highest BCUT2D eigenvalue weighted by Crippen LogP contribution is 2.38. The molecule has 2 aromatic heterocycles. The fraction of sp³-hybridized carbons (Fsp3) is 0.462. The molecule has 0 aromatic carbocycles. The van der Waals surface area contributed by atoms with Crippen LogP contribution >= 0.6 is 15.9 Å². The molecule has 0 amide bonds. The molecule has 0 unspecified atom stereocenters. The Morgan fingerprint density at radius 3 is 2.90 bits per heavy atom. The lowest BCUT2D eigenvalue weighted by atomic mass is 10.3. The number of methoxy groups -OCH3 is 1. The van der Waals surface area contributed by atoms with E-state index < -0.39 is 0 Å². The van der Waals surface area contributed by atoms with Gasteiger partial charge in [0, 0.05) is 20.2 Å². The molecular formula is C13H16BrN5O. The molecule has 7 heteroatoms. The third kappa shape index (κ3) is 2.43. The molecule has 0 saturated heterocycles. The molecule has 6 nitrogen and oxygen atoms in total. The number of nitrogens with zero attached hydrogens (tertiary/aromatic N) is 4. The maximum Gasteiger partial charge on any atom is 0.180 e. The zero-order valence-corrected chi connectivity index (χ0v) is 13.0. The van der Waals surface area contributed by atoms with Crippen molar-refractivity contribution < 1.29 is 4.74 Å². The van der Waals surface area contributed by atoms with Gasteiger partial charge in [-0.3, -0.25) is 0 Å². The molecule has 106 valence electrons. The number of imidazole rings is 1.